The van der Waals surface area contributed by atoms with Gasteiger partial charge in [-0.3, -0.25) is 9.48 Å². The summed E-state index contributed by atoms with van der Waals surface area (Å²) in [5.41, 5.74) is 1.52. The molecule has 3 aromatic heterocycles. The SMILES string of the molecule is Cc1nn(CCOCC(F)(F)F)c2c(Nc3ccncn3)nc(N3CCC[C@@H](C(=O)O)C3)nc12. The lowest BCUT2D eigenvalue weighted by Gasteiger charge is -2.31. The van der Waals surface area contributed by atoms with E-state index in [-0.39, 0.29) is 19.7 Å². The number of aliphatic carboxylic acids is 1. The average Bonchev–Trinajstić information content (AvgIpc) is 3.12. The van der Waals surface area contributed by atoms with Gasteiger partial charge in [0.1, 0.15) is 29.8 Å². The first kappa shape index (κ1) is 23.6. The molecule has 182 valence electrons. The van der Waals surface area contributed by atoms with Crippen LogP contribution in [-0.2, 0) is 16.1 Å². The molecule has 34 heavy (non-hydrogen) atoms. The van der Waals surface area contributed by atoms with Crippen LogP contribution in [0.5, 0.6) is 0 Å². The molecule has 0 saturated carbocycles. The van der Waals surface area contributed by atoms with Crippen LogP contribution in [-0.4, -0.2) is 73.3 Å². The number of hydrogen-bond acceptors (Lipinski definition) is 9. The van der Waals surface area contributed by atoms with Crippen LogP contribution in [0.4, 0.5) is 30.8 Å². The third-order valence-corrected chi connectivity index (χ3v) is 5.34. The minimum atomic E-state index is -4.41. The predicted octanol–water partition coefficient (Wildman–Crippen LogP) is 2.55. The maximum absolute atomic E-state index is 12.4. The molecule has 1 aliphatic heterocycles. The van der Waals surface area contributed by atoms with Crippen LogP contribution >= 0.6 is 0 Å². The zero-order valence-corrected chi connectivity index (χ0v) is 18.3. The molecule has 1 fully saturated rings. The molecule has 0 aromatic carbocycles. The van der Waals surface area contributed by atoms with Crippen molar-refractivity contribution in [2.45, 2.75) is 32.5 Å². The number of rotatable bonds is 8. The summed E-state index contributed by atoms with van der Waals surface area (Å²) < 4.78 is 43.5. The maximum Gasteiger partial charge on any atom is 0.411 e. The van der Waals surface area contributed by atoms with E-state index in [0.29, 0.717) is 53.7 Å². The van der Waals surface area contributed by atoms with E-state index in [1.807, 2.05) is 4.90 Å². The Bertz CT molecular complexity index is 1160. The van der Waals surface area contributed by atoms with Crippen molar-refractivity contribution in [3.63, 3.8) is 0 Å². The van der Waals surface area contributed by atoms with Gasteiger partial charge >= 0.3 is 12.1 Å². The third kappa shape index (κ3) is 5.50. The number of carbonyl (C=O) groups is 1. The van der Waals surface area contributed by atoms with Gasteiger partial charge in [0.2, 0.25) is 5.95 Å². The second-order valence-electron chi connectivity index (χ2n) is 7.89. The summed E-state index contributed by atoms with van der Waals surface area (Å²) in [6.45, 7) is 1.09. The topological polar surface area (TPSA) is 131 Å². The molecule has 0 bridgehead atoms. The summed E-state index contributed by atoms with van der Waals surface area (Å²) in [6, 6.07) is 1.63. The van der Waals surface area contributed by atoms with Crippen molar-refractivity contribution in [1.29, 1.82) is 0 Å². The average molecular weight is 480 g/mol. The number of carboxylic acids is 1. The lowest BCUT2D eigenvalue weighted by molar-refractivity contribution is -0.174. The van der Waals surface area contributed by atoms with E-state index in [4.69, 9.17) is 4.74 Å². The first-order valence-electron chi connectivity index (χ1n) is 10.6. The first-order valence-corrected chi connectivity index (χ1v) is 10.6. The minimum absolute atomic E-state index is 0.0480. The smallest absolute Gasteiger partial charge is 0.411 e. The fourth-order valence-corrected chi connectivity index (χ4v) is 3.79. The van der Waals surface area contributed by atoms with Crippen molar-refractivity contribution in [2.24, 2.45) is 5.92 Å². The number of aryl methyl sites for hydroxylation is 1. The number of carboxylic acid groups (broad SMARTS) is 1. The first-order chi connectivity index (χ1) is 16.2. The molecule has 0 radical (unpaired) electrons. The second kappa shape index (κ2) is 9.75. The molecule has 1 aliphatic rings. The molecule has 4 rings (SSSR count). The van der Waals surface area contributed by atoms with Crippen LogP contribution in [0.3, 0.4) is 0 Å². The van der Waals surface area contributed by atoms with Crippen LogP contribution in [0, 0.1) is 12.8 Å². The number of halogens is 3. The van der Waals surface area contributed by atoms with E-state index in [1.165, 1.54) is 11.0 Å². The molecule has 4 heterocycles. The van der Waals surface area contributed by atoms with Gasteiger partial charge in [-0.25, -0.2) is 15.0 Å². The van der Waals surface area contributed by atoms with Gasteiger partial charge in [-0.05, 0) is 25.8 Å². The number of nitrogens with zero attached hydrogens (tertiary/aromatic N) is 7. The summed E-state index contributed by atoms with van der Waals surface area (Å²) in [6.07, 6.45) is -0.250. The Morgan fingerprint density at radius 3 is 2.88 bits per heavy atom. The number of fused-ring (bicyclic) bond motifs is 1. The zero-order chi connectivity index (χ0) is 24.3. The van der Waals surface area contributed by atoms with Crippen LogP contribution < -0.4 is 10.2 Å². The number of anilines is 3. The van der Waals surface area contributed by atoms with E-state index >= 15 is 0 Å². The predicted molar refractivity (Wildman–Crippen MR) is 115 cm³/mol. The lowest BCUT2D eigenvalue weighted by Crippen LogP contribution is -2.39. The van der Waals surface area contributed by atoms with Crippen molar-refractivity contribution in [3.05, 3.63) is 24.3 Å². The summed E-state index contributed by atoms with van der Waals surface area (Å²) in [4.78, 5) is 30.6. The summed E-state index contributed by atoms with van der Waals surface area (Å²) in [7, 11) is 0. The number of alkyl halides is 3. The van der Waals surface area contributed by atoms with Gasteiger partial charge in [0.25, 0.3) is 0 Å². The molecule has 1 saturated heterocycles. The van der Waals surface area contributed by atoms with Gasteiger partial charge in [0.15, 0.2) is 5.82 Å². The molecule has 0 amide bonds. The highest BCUT2D eigenvalue weighted by atomic mass is 19.4. The fourth-order valence-electron chi connectivity index (χ4n) is 3.79. The molecule has 0 spiro atoms. The quantitative estimate of drug-likeness (QED) is 0.464. The molecular weight excluding hydrogens is 457 g/mol. The van der Waals surface area contributed by atoms with Gasteiger partial charge in [-0.1, -0.05) is 0 Å². The molecule has 14 heteroatoms. The number of piperidine rings is 1. The van der Waals surface area contributed by atoms with Crippen LogP contribution in [0.15, 0.2) is 18.6 Å². The van der Waals surface area contributed by atoms with Crippen molar-refractivity contribution < 1.29 is 27.8 Å². The largest absolute Gasteiger partial charge is 0.481 e. The van der Waals surface area contributed by atoms with Gasteiger partial charge in [0, 0.05) is 19.3 Å². The highest BCUT2D eigenvalue weighted by molar-refractivity contribution is 5.90. The summed E-state index contributed by atoms with van der Waals surface area (Å²) >= 11 is 0. The molecule has 1 atom stereocenters. The van der Waals surface area contributed by atoms with E-state index in [1.54, 1.807) is 19.2 Å². The highest BCUT2D eigenvalue weighted by Gasteiger charge is 2.29. The van der Waals surface area contributed by atoms with Crippen molar-refractivity contribution >= 4 is 34.6 Å². The van der Waals surface area contributed by atoms with Crippen molar-refractivity contribution in [3.8, 4) is 0 Å². The molecule has 11 nitrogen and oxygen atoms in total. The summed E-state index contributed by atoms with van der Waals surface area (Å²) in [5.74, 6) is -0.269. The number of ether oxygens (including phenoxy) is 1. The van der Waals surface area contributed by atoms with E-state index < -0.39 is 24.7 Å². The monoisotopic (exact) mass is 480 g/mol. The number of aromatic nitrogens is 6. The van der Waals surface area contributed by atoms with Crippen LogP contribution in [0.25, 0.3) is 11.0 Å². The number of hydrogen-bond donors (Lipinski definition) is 2. The van der Waals surface area contributed by atoms with Crippen LogP contribution in [0.2, 0.25) is 0 Å². The lowest BCUT2D eigenvalue weighted by atomic mass is 9.99. The minimum Gasteiger partial charge on any atom is -0.481 e. The standard InChI is InChI=1S/C20H23F3N8O3/c1-12-15-16(31(29-12)7-8-34-10-20(21,22)23)17(26-14-4-5-24-11-25-14)28-19(27-15)30-6-2-3-13(9-30)18(32)33/h4-5,11,13H,2-3,6-10H2,1H3,(H,32,33)(H,24,25,26,27,28)/t13-/m1/s1. The molecule has 0 unspecified atom stereocenters. The highest BCUT2D eigenvalue weighted by Crippen LogP contribution is 2.30. The van der Waals surface area contributed by atoms with Gasteiger partial charge in [-0.2, -0.15) is 23.3 Å². The molecule has 0 aliphatic carbocycles. The number of nitrogens with one attached hydrogen (secondary N) is 1. The Labute approximate surface area is 192 Å². The Balaban J connectivity index is 1.69. The Kier molecular flexibility index (Phi) is 6.77. The Morgan fingerprint density at radius 1 is 1.35 bits per heavy atom. The van der Waals surface area contributed by atoms with Crippen LogP contribution in [0.1, 0.15) is 18.5 Å². The normalized spacial score (nSPS) is 16.7. The van der Waals surface area contributed by atoms with Crippen molar-refractivity contribution in [1.82, 2.24) is 29.7 Å². The Morgan fingerprint density at radius 2 is 2.18 bits per heavy atom. The molecule has 3 aromatic rings. The van der Waals surface area contributed by atoms with Crippen molar-refractivity contribution in [2.75, 3.05) is 36.5 Å². The molecular formula is C20H23F3N8O3. The van der Waals surface area contributed by atoms with Gasteiger partial charge in [-0.15, -0.1) is 0 Å². The van der Waals surface area contributed by atoms with E-state index in [9.17, 15) is 23.1 Å². The Hall–Kier alpha value is -3.55. The third-order valence-electron chi connectivity index (χ3n) is 5.34. The zero-order valence-electron chi connectivity index (χ0n) is 18.3. The maximum atomic E-state index is 12.4. The second-order valence-corrected chi connectivity index (χ2v) is 7.89. The van der Waals surface area contributed by atoms with Gasteiger partial charge in [0.05, 0.1) is 24.8 Å². The van der Waals surface area contributed by atoms with E-state index in [0.717, 1.165) is 0 Å². The fraction of sp³-hybridized carbons (Fsp3) is 0.500. The summed E-state index contributed by atoms with van der Waals surface area (Å²) in [5, 5.41) is 17.0. The van der Waals surface area contributed by atoms with Gasteiger partial charge < -0.3 is 20.1 Å². The van der Waals surface area contributed by atoms with E-state index in [2.05, 4.69) is 30.4 Å². The molecule has 2 N–H and O–H groups in total.